The molecule has 1 aliphatic carbocycles. The van der Waals surface area contributed by atoms with Crippen molar-refractivity contribution >= 4 is 11.5 Å². The third-order valence-electron chi connectivity index (χ3n) is 2.81. The summed E-state index contributed by atoms with van der Waals surface area (Å²) in [5.74, 6) is 1.98. The van der Waals surface area contributed by atoms with Crippen molar-refractivity contribution in [3.05, 3.63) is 6.33 Å². The van der Waals surface area contributed by atoms with Crippen molar-refractivity contribution in [1.29, 1.82) is 0 Å². The Kier molecular flexibility index (Phi) is 3.12. The number of nitrogens with one attached hydrogen (secondary N) is 1. The highest BCUT2D eigenvalue weighted by atomic mass is 16.5. The zero-order chi connectivity index (χ0) is 11.5. The molecule has 1 aromatic heterocycles. The number of nitrogens with two attached hydrogens (primary N) is 1. The minimum atomic E-state index is 0.384. The van der Waals surface area contributed by atoms with Crippen LogP contribution in [0.1, 0.15) is 26.2 Å². The van der Waals surface area contributed by atoms with Crippen LogP contribution in [0.3, 0.4) is 0 Å². The van der Waals surface area contributed by atoms with Crippen LogP contribution in [0.15, 0.2) is 6.33 Å². The van der Waals surface area contributed by atoms with E-state index >= 15 is 0 Å². The second-order valence-corrected chi connectivity index (χ2v) is 4.37. The van der Waals surface area contributed by atoms with Gasteiger partial charge in [0.15, 0.2) is 5.82 Å². The number of nitrogen functional groups attached to an aromatic ring is 1. The van der Waals surface area contributed by atoms with E-state index in [1.54, 1.807) is 7.11 Å². The Bertz CT molecular complexity index is 365. The number of rotatable bonds is 5. The fourth-order valence-electron chi connectivity index (χ4n) is 1.80. The fourth-order valence-corrected chi connectivity index (χ4v) is 1.80. The van der Waals surface area contributed by atoms with Gasteiger partial charge >= 0.3 is 0 Å². The largest absolute Gasteiger partial charge is 0.479 e. The average Bonchev–Trinajstić information content (AvgIpc) is 3.05. The summed E-state index contributed by atoms with van der Waals surface area (Å²) in [5.41, 5.74) is 6.36. The summed E-state index contributed by atoms with van der Waals surface area (Å²) in [4.78, 5) is 8.07. The zero-order valence-corrected chi connectivity index (χ0v) is 9.73. The van der Waals surface area contributed by atoms with E-state index in [0.29, 0.717) is 23.4 Å². The summed E-state index contributed by atoms with van der Waals surface area (Å²) < 4.78 is 5.04. The molecule has 0 aromatic carbocycles. The van der Waals surface area contributed by atoms with Gasteiger partial charge in [-0.2, -0.15) is 4.98 Å². The number of nitrogens with zero attached hydrogens (tertiary/aromatic N) is 2. The molecule has 1 aromatic rings. The summed E-state index contributed by atoms with van der Waals surface area (Å²) in [5, 5.41) is 3.30. The minimum absolute atomic E-state index is 0.384. The van der Waals surface area contributed by atoms with Gasteiger partial charge < -0.3 is 15.8 Å². The highest BCUT2D eigenvalue weighted by Gasteiger charge is 2.24. The molecule has 0 aliphatic heterocycles. The van der Waals surface area contributed by atoms with Crippen LogP contribution < -0.4 is 15.8 Å². The molecule has 0 radical (unpaired) electrons. The first-order valence-corrected chi connectivity index (χ1v) is 5.61. The molecule has 1 fully saturated rings. The SMILES string of the molecule is COc1ncnc(NC(C)CC2CC2)c1N. The predicted molar refractivity (Wildman–Crippen MR) is 63.4 cm³/mol. The van der Waals surface area contributed by atoms with Crippen molar-refractivity contribution in [3.8, 4) is 5.88 Å². The Balaban J connectivity index is 2.01. The monoisotopic (exact) mass is 222 g/mol. The number of methoxy groups -OCH3 is 1. The van der Waals surface area contributed by atoms with Gasteiger partial charge in [-0.3, -0.25) is 0 Å². The van der Waals surface area contributed by atoms with Crippen LogP contribution in [0.2, 0.25) is 0 Å². The van der Waals surface area contributed by atoms with Crippen LogP contribution in [0.5, 0.6) is 5.88 Å². The fraction of sp³-hybridized carbons (Fsp3) is 0.636. The van der Waals surface area contributed by atoms with Gasteiger partial charge in [0.05, 0.1) is 7.11 Å². The minimum Gasteiger partial charge on any atom is -0.479 e. The maximum atomic E-state index is 5.88. The van der Waals surface area contributed by atoms with E-state index in [1.165, 1.54) is 25.6 Å². The molecule has 5 nitrogen and oxygen atoms in total. The lowest BCUT2D eigenvalue weighted by molar-refractivity contribution is 0.399. The van der Waals surface area contributed by atoms with E-state index in [9.17, 15) is 0 Å². The maximum Gasteiger partial charge on any atom is 0.242 e. The van der Waals surface area contributed by atoms with Gasteiger partial charge in [0.25, 0.3) is 0 Å². The normalized spacial score (nSPS) is 16.9. The molecule has 0 saturated heterocycles. The Morgan fingerprint density at radius 3 is 2.94 bits per heavy atom. The number of aromatic nitrogens is 2. The number of ether oxygens (including phenoxy) is 1. The van der Waals surface area contributed by atoms with Crippen LogP contribution in [0.25, 0.3) is 0 Å². The molecular formula is C11H18N4O. The van der Waals surface area contributed by atoms with E-state index in [-0.39, 0.29) is 0 Å². The van der Waals surface area contributed by atoms with E-state index in [1.807, 2.05) is 0 Å². The van der Waals surface area contributed by atoms with Crippen molar-refractivity contribution in [1.82, 2.24) is 9.97 Å². The molecule has 88 valence electrons. The summed E-state index contributed by atoms with van der Waals surface area (Å²) in [6.07, 6.45) is 5.34. The molecule has 1 unspecified atom stereocenters. The van der Waals surface area contributed by atoms with Gasteiger partial charge in [-0.15, -0.1) is 0 Å². The van der Waals surface area contributed by atoms with Crippen molar-refractivity contribution in [2.75, 3.05) is 18.2 Å². The standard InChI is InChI=1S/C11H18N4O/c1-7(5-8-3-4-8)15-10-9(12)11(16-2)14-6-13-10/h6-8H,3-5,12H2,1-2H3,(H,13,14,15). The van der Waals surface area contributed by atoms with E-state index < -0.39 is 0 Å². The quantitative estimate of drug-likeness (QED) is 0.792. The third-order valence-corrected chi connectivity index (χ3v) is 2.81. The lowest BCUT2D eigenvalue weighted by Crippen LogP contribution is -2.18. The highest BCUT2D eigenvalue weighted by molar-refractivity contribution is 5.66. The van der Waals surface area contributed by atoms with Gasteiger partial charge in [0.1, 0.15) is 12.0 Å². The van der Waals surface area contributed by atoms with Crippen LogP contribution in [-0.4, -0.2) is 23.1 Å². The average molecular weight is 222 g/mol. The summed E-state index contributed by atoms with van der Waals surface area (Å²) in [7, 11) is 1.55. The second-order valence-electron chi connectivity index (χ2n) is 4.37. The Morgan fingerprint density at radius 2 is 2.31 bits per heavy atom. The first-order chi connectivity index (χ1) is 7.70. The first-order valence-electron chi connectivity index (χ1n) is 5.61. The summed E-state index contributed by atoms with van der Waals surface area (Å²) in [6.45, 7) is 2.15. The molecule has 1 heterocycles. The Hall–Kier alpha value is -1.52. The third kappa shape index (κ3) is 2.53. The van der Waals surface area contributed by atoms with Gasteiger partial charge in [0.2, 0.25) is 5.88 Å². The number of hydrogen-bond acceptors (Lipinski definition) is 5. The first kappa shape index (κ1) is 11.0. The lowest BCUT2D eigenvalue weighted by atomic mass is 10.1. The molecule has 3 N–H and O–H groups in total. The van der Waals surface area contributed by atoms with Gasteiger partial charge in [-0.05, 0) is 19.3 Å². The molecule has 0 bridgehead atoms. The van der Waals surface area contributed by atoms with Crippen LogP contribution in [0, 0.1) is 5.92 Å². The molecule has 1 saturated carbocycles. The van der Waals surface area contributed by atoms with Crippen molar-refractivity contribution in [2.45, 2.75) is 32.2 Å². The number of anilines is 2. The molecule has 0 spiro atoms. The van der Waals surface area contributed by atoms with Crippen LogP contribution >= 0.6 is 0 Å². The van der Waals surface area contributed by atoms with E-state index in [0.717, 1.165) is 5.92 Å². The van der Waals surface area contributed by atoms with E-state index in [4.69, 9.17) is 10.5 Å². The van der Waals surface area contributed by atoms with Gasteiger partial charge in [0, 0.05) is 6.04 Å². The van der Waals surface area contributed by atoms with Crippen molar-refractivity contribution in [2.24, 2.45) is 5.92 Å². The van der Waals surface area contributed by atoms with Crippen LogP contribution in [0.4, 0.5) is 11.5 Å². The molecule has 5 heteroatoms. The molecule has 1 atom stereocenters. The Morgan fingerprint density at radius 1 is 1.56 bits per heavy atom. The highest BCUT2D eigenvalue weighted by Crippen LogP contribution is 2.34. The lowest BCUT2D eigenvalue weighted by Gasteiger charge is -2.15. The Labute approximate surface area is 95.4 Å². The predicted octanol–water partition coefficient (Wildman–Crippen LogP) is 1.67. The zero-order valence-electron chi connectivity index (χ0n) is 9.73. The topological polar surface area (TPSA) is 73.1 Å². The smallest absolute Gasteiger partial charge is 0.242 e. The maximum absolute atomic E-state index is 5.88. The second kappa shape index (κ2) is 4.55. The molecule has 2 rings (SSSR count). The van der Waals surface area contributed by atoms with Crippen LogP contribution in [-0.2, 0) is 0 Å². The van der Waals surface area contributed by atoms with Gasteiger partial charge in [-0.1, -0.05) is 12.8 Å². The number of hydrogen-bond donors (Lipinski definition) is 2. The molecule has 16 heavy (non-hydrogen) atoms. The van der Waals surface area contributed by atoms with Crippen molar-refractivity contribution in [3.63, 3.8) is 0 Å². The molecule has 1 aliphatic rings. The van der Waals surface area contributed by atoms with Gasteiger partial charge in [-0.25, -0.2) is 4.98 Å². The van der Waals surface area contributed by atoms with E-state index in [2.05, 4.69) is 22.2 Å². The summed E-state index contributed by atoms with van der Waals surface area (Å²) >= 11 is 0. The molecule has 0 amide bonds. The van der Waals surface area contributed by atoms with Crippen molar-refractivity contribution < 1.29 is 4.74 Å². The summed E-state index contributed by atoms with van der Waals surface area (Å²) in [6, 6.07) is 0.384. The molecular weight excluding hydrogens is 204 g/mol.